The fourth-order valence-corrected chi connectivity index (χ4v) is 3.41. The summed E-state index contributed by atoms with van der Waals surface area (Å²) in [6.45, 7) is 0. The van der Waals surface area contributed by atoms with Gasteiger partial charge < -0.3 is 5.32 Å². The molecule has 0 heterocycles. The molecular formula is C13H18BrNS. The van der Waals surface area contributed by atoms with Crippen molar-refractivity contribution in [1.82, 2.24) is 5.32 Å². The van der Waals surface area contributed by atoms with Crippen LogP contribution in [0.15, 0.2) is 33.6 Å². The van der Waals surface area contributed by atoms with Gasteiger partial charge in [0, 0.05) is 21.2 Å². The lowest BCUT2D eigenvalue weighted by Gasteiger charge is -2.15. The third kappa shape index (κ3) is 4.11. The zero-order valence-electron chi connectivity index (χ0n) is 9.58. The predicted molar refractivity (Wildman–Crippen MR) is 75.1 cm³/mol. The molecule has 1 aliphatic rings. The topological polar surface area (TPSA) is 12.0 Å². The van der Waals surface area contributed by atoms with Crippen LogP contribution in [0.4, 0.5) is 0 Å². The summed E-state index contributed by atoms with van der Waals surface area (Å²) in [5, 5.41) is 3.43. The van der Waals surface area contributed by atoms with Gasteiger partial charge in [-0.25, -0.2) is 0 Å². The molecule has 1 N–H and O–H groups in total. The lowest BCUT2D eigenvalue weighted by atomic mass is 10.2. The number of hydrogen-bond acceptors (Lipinski definition) is 2. The minimum atomic E-state index is 0.663. The molecule has 0 aliphatic heterocycles. The smallest absolute Gasteiger partial charge is 0.0186 e. The van der Waals surface area contributed by atoms with Crippen molar-refractivity contribution in [2.24, 2.45) is 5.92 Å². The molecule has 3 heteroatoms. The molecule has 0 spiro atoms. The Labute approximate surface area is 111 Å². The molecule has 0 radical (unpaired) electrons. The highest BCUT2D eigenvalue weighted by Gasteiger charge is 2.24. The van der Waals surface area contributed by atoms with Gasteiger partial charge in [0.15, 0.2) is 0 Å². The van der Waals surface area contributed by atoms with Crippen molar-refractivity contribution in [2.75, 3.05) is 12.8 Å². The van der Waals surface area contributed by atoms with E-state index in [0.29, 0.717) is 6.04 Å². The average molecular weight is 300 g/mol. The Morgan fingerprint density at radius 3 is 2.94 bits per heavy atom. The highest BCUT2D eigenvalue weighted by atomic mass is 79.9. The van der Waals surface area contributed by atoms with Crippen molar-refractivity contribution in [1.29, 1.82) is 0 Å². The van der Waals surface area contributed by atoms with E-state index < -0.39 is 0 Å². The molecular weight excluding hydrogens is 282 g/mol. The maximum Gasteiger partial charge on any atom is 0.0186 e. The second-order valence-electron chi connectivity index (χ2n) is 4.43. The molecule has 1 aromatic rings. The van der Waals surface area contributed by atoms with Crippen molar-refractivity contribution in [3.8, 4) is 0 Å². The van der Waals surface area contributed by atoms with Gasteiger partial charge in [-0.2, -0.15) is 0 Å². The summed E-state index contributed by atoms with van der Waals surface area (Å²) in [6, 6.07) is 9.20. The fourth-order valence-electron chi connectivity index (χ4n) is 1.78. The van der Waals surface area contributed by atoms with Crippen LogP contribution in [0.1, 0.15) is 19.3 Å². The highest BCUT2D eigenvalue weighted by molar-refractivity contribution is 9.10. The first-order valence-electron chi connectivity index (χ1n) is 5.83. The lowest BCUT2D eigenvalue weighted by molar-refractivity contribution is 0.536. The Morgan fingerprint density at radius 2 is 2.31 bits per heavy atom. The lowest BCUT2D eigenvalue weighted by Crippen LogP contribution is -2.28. The van der Waals surface area contributed by atoms with Crippen molar-refractivity contribution >= 4 is 27.7 Å². The molecule has 1 atom stereocenters. The molecule has 88 valence electrons. The molecule has 1 saturated carbocycles. The van der Waals surface area contributed by atoms with E-state index in [4.69, 9.17) is 0 Å². The number of thioether (sulfide) groups is 1. The van der Waals surface area contributed by atoms with E-state index in [-0.39, 0.29) is 0 Å². The Bertz CT molecular complexity index is 338. The van der Waals surface area contributed by atoms with E-state index >= 15 is 0 Å². The van der Waals surface area contributed by atoms with Crippen LogP contribution >= 0.6 is 27.7 Å². The second kappa shape index (κ2) is 6.08. The molecule has 1 aliphatic carbocycles. The predicted octanol–water partition coefficient (Wildman–Crippen LogP) is 3.93. The minimum absolute atomic E-state index is 0.663. The molecule has 0 saturated heterocycles. The van der Waals surface area contributed by atoms with Gasteiger partial charge in [-0.15, -0.1) is 11.8 Å². The number of hydrogen-bond donors (Lipinski definition) is 1. The number of nitrogens with one attached hydrogen (secondary N) is 1. The molecule has 1 fully saturated rings. The van der Waals surface area contributed by atoms with E-state index in [0.717, 1.165) is 5.92 Å². The molecule has 0 aromatic heterocycles. The average Bonchev–Trinajstić information content (AvgIpc) is 3.08. The van der Waals surface area contributed by atoms with Gasteiger partial charge in [-0.05, 0) is 37.6 Å². The first kappa shape index (κ1) is 12.5. The second-order valence-corrected chi connectivity index (χ2v) is 6.44. The zero-order valence-corrected chi connectivity index (χ0v) is 12.0. The van der Waals surface area contributed by atoms with Crippen molar-refractivity contribution < 1.29 is 0 Å². The first-order chi connectivity index (χ1) is 7.78. The maximum absolute atomic E-state index is 3.51. The summed E-state index contributed by atoms with van der Waals surface area (Å²) in [5.41, 5.74) is 0. The van der Waals surface area contributed by atoms with Crippen LogP contribution in [-0.2, 0) is 0 Å². The molecule has 16 heavy (non-hydrogen) atoms. The van der Waals surface area contributed by atoms with Crippen molar-refractivity contribution in [2.45, 2.75) is 30.2 Å². The molecule has 1 unspecified atom stereocenters. The zero-order chi connectivity index (χ0) is 11.4. The number of benzene rings is 1. The van der Waals surface area contributed by atoms with E-state index in [1.165, 1.54) is 34.4 Å². The van der Waals surface area contributed by atoms with E-state index in [1.54, 1.807) is 0 Å². The van der Waals surface area contributed by atoms with Crippen LogP contribution in [-0.4, -0.2) is 18.8 Å². The summed E-state index contributed by atoms with van der Waals surface area (Å²) in [6.07, 6.45) is 4.23. The summed E-state index contributed by atoms with van der Waals surface area (Å²) >= 11 is 5.45. The van der Waals surface area contributed by atoms with Gasteiger partial charge in [-0.3, -0.25) is 0 Å². The fraction of sp³-hybridized carbons (Fsp3) is 0.538. The summed E-state index contributed by atoms with van der Waals surface area (Å²) in [7, 11) is 2.08. The SMILES string of the molecule is CNC(CSc1cccc(Br)c1)CC1CC1. The van der Waals surface area contributed by atoms with Gasteiger partial charge in [0.05, 0.1) is 0 Å². The molecule has 2 rings (SSSR count). The van der Waals surface area contributed by atoms with Crippen LogP contribution in [0, 0.1) is 5.92 Å². The van der Waals surface area contributed by atoms with Gasteiger partial charge in [0.25, 0.3) is 0 Å². The minimum Gasteiger partial charge on any atom is -0.316 e. The monoisotopic (exact) mass is 299 g/mol. The van der Waals surface area contributed by atoms with Gasteiger partial charge >= 0.3 is 0 Å². The van der Waals surface area contributed by atoms with Gasteiger partial charge in [0.1, 0.15) is 0 Å². The van der Waals surface area contributed by atoms with Crippen molar-refractivity contribution in [3.63, 3.8) is 0 Å². The van der Waals surface area contributed by atoms with Crippen molar-refractivity contribution in [3.05, 3.63) is 28.7 Å². The standard InChI is InChI=1S/C13H18BrNS/c1-15-12(7-10-5-6-10)9-16-13-4-2-3-11(14)8-13/h2-4,8,10,12,15H,5-7,9H2,1H3. The van der Waals surface area contributed by atoms with Crippen LogP contribution < -0.4 is 5.32 Å². The van der Waals surface area contributed by atoms with E-state index in [2.05, 4.69) is 52.6 Å². The third-order valence-corrected chi connectivity index (χ3v) is 4.62. The summed E-state index contributed by atoms with van der Waals surface area (Å²) < 4.78 is 1.17. The summed E-state index contributed by atoms with van der Waals surface area (Å²) in [5.74, 6) is 2.17. The molecule has 0 amide bonds. The molecule has 1 nitrogen and oxygen atoms in total. The van der Waals surface area contributed by atoms with Crippen LogP contribution in [0.5, 0.6) is 0 Å². The molecule has 1 aromatic carbocycles. The van der Waals surface area contributed by atoms with Crippen LogP contribution in [0.3, 0.4) is 0 Å². The Balaban J connectivity index is 1.80. The number of halogens is 1. The quantitative estimate of drug-likeness (QED) is 0.799. The Morgan fingerprint density at radius 1 is 1.50 bits per heavy atom. The Kier molecular flexibility index (Phi) is 4.74. The van der Waals surface area contributed by atoms with E-state index in [1.807, 2.05) is 11.8 Å². The normalized spacial score (nSPS) is 17.4. The highest BCUT2D eigenvalue weighted by Crippen LogP contribution is 2.34. The van der Waals surface area contributed by atoms with Gasteiger partial charge in [-0.1, -0.05) is 34.8 Å². The van der Waals surface area contributed by atoms with Crippen LogP contribution in [0.25, 0.3) is 0 Å². The first-order valence-corrected chi connectivity index (χ1v) is 7.61. The Hall–Kier alpha value is 0.01000. The largest absolute Gasteiger partial charge is 0.316 e. The summed E-state index contributed by atoms with van der Waals surface area (Å²) in [4.78, 5) is 1.35. The van der Waals surface area contributed by atoms with Gasteiger partial charge in [0.2, 0.25) is 0 Å². The van der Waals surface area contributed by atoms with E-state index in [9.17, 15) is 0 Å². The molecule has 0 bridgehead atoms. The third-order valence-electron chi connectivity index (χ3n) is 2.97. The maximum atomic E-state index is 3.51. The number of rotatable bonds is 6. The van der Waals surface area contributed by atoms with Crippen LogP contribution in [0.2, 0.25) is 0 Å².